The van der Waals surface area contributed by atoms with E-state index >= 15 is 0 Å². The molecule has 2 unspecified atom stereocenters. The smallest absolute Gasteiger partial charge is 0.252 e. The summed E-state index contributed by atoms with van der Waals surface area (Å²) in [4.78, 5) is 32.3. The van der Waals surface area contributed by atoms with Gasteiger partial charge in [0.15, 0.2) is 0 Å². The second kappa shape index (κ2) is 7.46. The van der Waals surface area contributed by atoms with Crippen LogP contribution in [0.2, 0.25) is 5.02 Å². The van der Waals surface area contributed by atoms with Crippen LogP contribution in [0.5, 0.6) is 0 Å². The number of amides is 2. The number of aliphatic hydroxyl groups is 1. The van der Waals surface area contributed by atoms with Crippen LogP contribution in [0.3, 0.4) is 0 Å². The molecule has 0 aromatic heterocycles. The standard InChI is InChI=1S/C23H24ClN3O3/c24-19-9-5-4-8-17(19)12-25-14-23(15-25)22(30)26(11-16-6-2-1-3-7-16)21(29)20-10-18(28)13-27(20)23/h1-9,18,20,28H,10-15H2. The van der Waals surface area contributed by atoms with E-state index in [1.807, 2.05) is 59.5 Å². The van der Waals surface area contributed by atoms with Crippen molar-refractivity contribution in [2.24, 2.45) is 0 Å². The molecule has 6 nitrogen and oxygen atoms in total. The maximum Gasteiger partial charge on any atom is 0.252 e. The summed E-state index contributed by atoms with van der Waals surface area (Å²) in [6, 6.07) is 16.8. The largest absolute Gasteiger partial charge is 0.392 e. The van der Waals surface area contributed by atoms with Gasteiger partial charge in [0.2, 0.25) is 5.91 Å². The van der Waals surface area contributed by atoms with Gasteiger partial charge in [0.1, 0.15) is 5.54 Å². The minimum atomic E-state index is -0.758. The van der Waals surface area contributed by atoms with E-state index in [2.05, 4.69) is 4.90 Å². The Morgan fingerprint density at radius 3 is 2.43 bits per heavy atom. The zero-order valence-corrected chi connectivity index (χ0v) is 17.3. The van der Waals surface area contributed by atoms with Gasteiger partial charge in [0.05, 0.1) is 18.7 Å². The number of piperazine rings is 1. The molecule has 0 radical (unpaired) electrons. The van der Waals surface area contributed by atoms with Crippen LogP contribution in [0.25, 0.3) is 0 Å². The molecule has 30 heavy (non-hydrogen) atoms. The fourth-order valence-corrected chi connectivity index (χ4v) is 5.28. The highest BCUT2D eigenvalue weighted by atomic mass is 35.5. The SMILES string of the molecule is O=C1C2CC(O)CN2C2(CN(Cc3ccccc3Cl)C2)C(=O)N1Cc1ccccc1. The van der Waals surface area contributed by atoms with Crippen LogP contribution in [0.4, 0.5) is 0 Å². The molecule has 3 heterocycles. The number of benzene rings is 2. The van der Waals surface area contributed by atoms with Gasteiger partial charge < -0.3 is 5.11 Å². The van der Waals surface area contributed by atoms with E-state index in [4.69, 9.17) is 11.6 Å². The molecule has 0 bridgehead atoms. The lowest BCUT2D eigenvalue weighted by Crippen LogP contribution is -2.81. The van der Waals surface area contributed by atoms with Crippen molar-refractivity contribution in [3.8, 4) is 0 Å². The summed E-state index contributed by atoms with van der Waals surface area (Å²) < 4.78 is 0. The summed E-state index contributed by atoms with van der Waals surface area (Å²) in [6.07, 6.45) is -0.207. The summed E-state index contributed by atoms with van der Waals surface area (Å²) in [5.41, 5.74) is 1.19. The predicted octanol–water partition coefficient (Wildman–Crippen LogP) is 1.90. The van der Waals surface area contributed by atoms with Gasteiger partial charge in [-0.05, 0) is 23.6 Å². The maximum atomic E-state index is 13.6. The molecule has 2 aromatic rings. The van der Waals surface area contributed by atoms with E-state index in [9.17, 15) is 14.7 Å². The van der Waals surface area contributed by atoms with Crippen LogP contribution >= 0.6 is 11.6 Å². The molecule has 156 valence electrons. The summed E-state index contributed by atoms with van der Waals surface area (Å²) in [6.45, 7) is 2.34. The van der Waals surface area contributed by atoms with Crippen LogP contribution < -0.4 is 0 Å². The topological polar surface area (TPSA) is 64.1 Å². The first-order chi connectivity index (χ1) is 14.5. The number of likely N-dealkylation sites (tertiary alicyclic amines) is 1. The van der Waals surface area contributed by atoms with Crippen LogP contribution in [0.15, 0.2) is 54.6 Å². The Kier molecular flexibility index (Phi) is 4.90. The number of rotatable bonds is 4. The van der Waals surface area contributed by atoms with E-state index in [0.29, 0.717) is 37.6 Å². The van der Waals surface area contributed by atoms with Crippen LogP contribution in [-0.2, 0) is 22.7 Å². The zero-order valence-electron chi connectivity index (χ0n) is 16.6. The highest BCUT2D eigenvalue weighted by Gasteiger charge is 2.64. The van der Waals surface area contributed by atoms with Crippen molar-refractivity contribution >= 4 is 23.4 Å². The average Bonchev–Trinajstić information content (AvgIpc) is 3.11. The number of fused-ring (bicyclic) bond motifs is 2. The van der Waals surface area contributed by atoms with Gasteiger partial charge in [-0.15, -0.1) is 0 Å². The number of aliphatic hydroxyl groups excluding tert-OH is 1. The van der Waals surface area contributed by atoms with Gasteiger partial charge in [0.25, 0.3) is 5.91 Å². The lowest BCUT2D eigenvalue weighted by molar-refractivity contribution is -0.181. The van der Waals surface area contributed by atoms with Crippen molar-refractivity contribution in [3.63, 3.8) is 0 Å². The molecular weight excluding hydrogens is 402 g/mol. The van der Waals surface area contributed by atoms with Crippen molar-refractivity contribution in [2.45, 2.75) is 37.2 Å². The van der Waals surface area contributed by atoms with Crippen LogP contribution in [0, 0.1) is 0 Å². The third-order valence-electron chi connectivity index (χ3n) is 6.53. The average molecular weight is 426 g/mol. The van der Waals surface area contributed by atoms with Crippen molar-refractivity contribution in [3.05, 3.63) is 70.7 Å². The van der Waals surface area contributed by atoms with Gasteiger partial charge in [0, 0.05) is 31.2 Å². The molecule has 2 amide bonds. The van der Waals surface area contributed by atoms with Gasteiger partial charge in [-0.3, -0.25) is 24.3 Å². The molecule has 0 aliphatic carbocycles. The zero-order chi connectivity index (χ0) is 20.9. The normalized spacial score (nSPS) is 26.1. The maximum absolute atomic E-state index is 13.6. The third kappa shape index (κ3) is 3.15. The number of hydrogen-bond donors (Lipinski definition) is 1. The quantitative estimate of drug-likeness (QED) is 0.758. The molecule has 3 saturated heterocycles. The fourth-order valence-electron chi connectivity index (χ4n) is 5.08. The number of hydrogen-bond acceptors (Lipinski definition) is 5. The Morgan fingerprint density at radius 1 is 1.00 bits per heavy atom. The summed E-state index contributed by atoms with van der Waals surface area (Å²) in [5, 5.41) is 11.0. The molecule has 0 saturated carbocycles. The van der Waals surface area contributed by atoms with Crippen LogP contribution in [-0.4, -0.2) is 68.9 Å². The van der Waals surface area contributed by atoms with E-state index in [1.165, 1.54) is 4.90 Å². The number of imide groups is 1. The van der Waals surface area contributed by atoms with Crippen molar-refractivity contribution < 1.29 is 14.7 Å². The Morgan fingerprint density at radius 2 is 1.70 bits per heavy atom. The van der Waals surface area contributed by atoms with Crippen molar-refractivity contribution in [2.75, 3.05) is 19.6 Å². The lowest BCUT2D eigenvalue weighted by atomic mass is 9.82. The summed E-state index contributed by atoms with van der Waals surface area (Å²) >= 11 is 6.31. The van der Waals surface area contributed by atoms with Crippen LogP contribution in [0.1, 0.15) is 17.5 Å². The molecule has 3 aliphatic rings. The first kappa shape index (κ1) is 19.7. The second-order valence-corrected chi connectivity index (χ2v) is 8.95. The third-order valence-corrected chi connectivity index (χ3v) is 6.90. The van der Waals surface area contributed by atoms with Gasteiger partial charge in [-0.1, -0.05) is 60.1 Å². The number of carbonyl (C=O) groups excluding carboxylic acids is 2. The van der Waals surface area contributed by atoms with Gasteiger partial charge in [-0.25, -0.2) is 0 Å². The van der Waals surface area contributed by atoms with E-state index in [0.717, 1.165) is 11.1 Å². The number of carbonyl (C=O) groups is 2. The molecule has 3 aliphatic heterocycles. The lowest BCUT2D eigenvalue weighted by Gasteiger charge is -2.58. The van der Waals surface area contributed by atoms with Crippen molar-refractivity contribution in [1.82, 2.24) is 14.7 Å². The first-order valence-electron chi connectivity index (χ1n) is 10.3. The molecule has 2 aromatic carbocycles. The van der Waals surface area contributed by atoms with Gasteiger partial charge in [-0.2, -0.15) is 0 Å². The Hall–Kier alpha value is -2.25. The molecule has 2 atom stereocenters. The van der Waals surface area contributed by atoms with Gasteiger partial charge >= 0.3 is 0 Å². The Balaban J connectivity index is 1.40. The predicted molar refractivity (Wildman–Crippen MR) is 113 cm³/mol. The van der Waals surface area contributed by atoms with E-state index in [-0.39, 0.29) is 18.4 Å². The molecular formula is C23H24ClN3O3. The Labute approximate surface area is 180 Å². The molecule has 1 N–H and O–H groups in total. The number of halogens is 1. The molecule has 1 spiro atoms. The number of nitrogens with zero attached hydrogens (tertiary/aromatic N) is 3. The Bertz CT molecular complexity index is 977. The highest BCUT2D eigenvalue weighted by Crippen LogP contribution is 2.41. The monoisotopic (exact) mass is 425 g/mol. The van der Waals surface area contributed by atoms with E-state index in [1.54, 1.807) is 0 Å². The first-order valence-corrected chi connectivity index (χ1v) is 10.7. The summed E-state index contributed by atoms with van der Waals surface area (Å²) in [5.74, 6) is -0.354. The fraction of sp³-hybridized carbons (Fsp3) is 0.391. The minimum absolute atomic E-state index is 0.155. The number of β-amino-alcohol motifs (C(OH)–C–C–N with tert-alkyl or cyclic N) is 1. The molecule has 7 heteroatoms. The molecule has 3 fully saturated rings. The van der Waals surface area contributed by atoms with Crippen molar-refractivity contribution in [1.29, 1.82) is 0 Å². The molecule has 5 rings (SSSR count). The second-order valence-electron chi connectivity index (χ2n) is 8.54. The van der Waals surface area contributed by atoms with E-state index < -0.39 is 17.7 Å². The summed E-state index contributed by atoms with van der Waals surface area (Å²) in [7, 11) is 0. The minimum Gasteiger partial charge on any atom is -0.392 e. The highest BCUT2D eigenvalue weighted by molar-refractivity contribution is 6.31.